The van der Waals surface area contributed by atoms with Crippen LogP contribution in [0.25, 0.3) is 0 Å². The van der Waals surface area contributed by atoms with Gasteiger partial charge in [-0.15, -0.1) is 0 Å². The van der Waals surface area contributed by atoms with E-state index in [1.165, 1.54) is 50.9 Å². The molecule has 0 bridgehead atoms. The highest BCUT2D eigenvalue weighted by Crippen LogP contribution is 2.12. The van der Waals surface area contributed by atoms with Gasteiger partial charge in [0.05, 0.1) is 13.7 Å². The first-order valence-electron chi connectivity index (χ1n) is 10.8. The van der Waals surface area contributed by atoms with Crippen LogP contribution in [0, 0.1) is 0 Å². The van der Waals surface area contributed by atoms with Crippen LogP contribution in [-0.2, 0) is 11.3 Å². The zero-order valence-corrected chi connectivity index (χ0v) is 17.7. The van der Waals surface area contributed by atoms with Crippen LogP contribution in [0.5, 0.6) is 5.75 Å². The van der Waals surface area contributed by atoms with Crippen molar-refractivity contribution in [3.8, 4) is 5.75 Å². The summed E-state index contributed by atoms with van der Waals surface area (Å²) in [5.74, 6) is 1.76. The van der Waals surface area contributed by atoms with Gasteiger partial charge in [-0.2, -0.15) is 0 Å². The van der Waals surface area contributed by atoms with E-state index in [9.17, 15) is 0 Å². The summed E-state index contributed by atoms with van der Waals surface area (Å²) in [5.41, 5.74) is 1.17. The molecule has 6 heteroatoms. The number of methoxy groups -OCH3 is 1. The van der Waals surface area contributed by atoms with Crippen molar-refractivity contribution in [2.24, 2.45) is 4.99 Å². The van der Waals surface area contributed by atoms with Crippen molar-refractivity contribution in [2.45, 2.75) is 45.6 Å². The molecule has 6 nitrogen and oxygen atoms in total. The van der Waals surface area contributed by atoms with E-state index in [2.05, 4.69) is 27.7 Å². The Hall–Kier alpha value is -1.79. The molecule has 1 aliphatic heterocycles. The largest absolute Gasteiger partial charge is 0.497 e. The van der Waals surface area contributed by atoms with Crippen molar-refractivity contribution >= 4 is 5.96 Å². The van der Waals surface area contributed by atoms with E-state index in [-0.39, 0.29) is 0 Å². The van der Waals surface area contributed by atoms with Crippen LogP contribution in [0.1, 0.15) is 44.6 Å². The van der Waals surface area contributed by atoms with Gasteiger partial charge in [0.15, 0.2) is 5.96 Å². The maximum absolute atomic E-state index is 5.41. The quantitative estimate of drug-likeness (QED) is 0.308. The highest BCUT2D eigenvalue weighted by molar-refractivity contribution is 5.79. The van der Waals surface area contributed by atoms with Crippen LogP contribution >= 0.6 is 0 Å². The first-order valence-corrected chi connectivity index (χ1v) is 10.8. The molecule has 158 valence electrons. The second-order valence-corrected chi connectivity index (χ2v) is 7.17. The monoisotopic (exact) mass is 390 g/mol. The topological polar surface area (TPSA) is 58.1 Å². The number of hydrogen-bond donors (Lipinski definition) is 2. The van der Waals surface area contributed by atoms with Crippen molar-refractivity contribution < 1.29 is 9.47 Å². The van der Waals surface area contributed by atoms with Crippen LogP contribution in [-0.4, -0.2) is 63.9 Å². The molecule has 0 aromatic heterocycles. The fraction of sp³-hybridized carbons (Fsp3) is 0.682. The predicted molar refractivity (Wildman–Crippen MR) is 116 cm³/mol. The van der Waals surface area contributed by atoms with Gasteiger partial charge in [0.25, 0.3) is 0 Å². The first-order chi connectivity index (χ1) is 13.8. The molecule has 0 spiro atoms. The molecule has 0 amide bonds. The lowest BCUT2D eigenvalue weighted by Crippen LogP contribution is -2.39. The molecule has 1 saturated heterocycles. The Labute approximate surface area is 170 Å². The van der Waals surface area contributed by atoms with Crippen molar-refractivity contribution in [2.75, 3.05) is 53.0 Å². The average Bonchev–Trinajstić information content (AvgIpc) is 3.25. The van der Waals surface area contributed by atoms with E-state index in [1.807, 2.05) is 19.1 Å². The van der Waals surface area contributed by atoms with E-state index in [0.29, 0.717) is 6.54 Å². The van der Waals surface area contributed by atoms with E-state index in [0.717, 1.165) is 44.4 Å². The second kappa shape index (κ2) is 14.2. The van der Waals surface area contributed by atoms with E-state index in [1.54, 1.807) is 7.11 Å². The standard InChI is InChI=1S/C22H38N4O2/c1-3-28-18-8-14-24-22(23-13-4-5-15-26-16-6-7-17-26)25-19-20-9-11-21(27-2)12-10-20/h9-12H,3-8,13-19H2,1-2H3,(H2,23,24,25). The van der Waals surface area contributed by atoms with Gasteiger partial charge in [-0.3, -0.25) is 0 Å². The van der Waals surface area contributed by atoms with Gasteiger partial charge in [0.1, 0.15) is 5.75 Å². The number of benzene rings is 1. The average molecular weight is 391 g/mol. The van der Waals surface area contributed by atoms with Crippen molar-refractivity contribution in [3.63, 3.8) is 0 Å². The summed E-state index contributed by atoms with van der Waals surface area (Å²) in [6.45, 7) is 9.83. The van der Waals surface area contributed by atoms with Crippen LogP contribution in [0.4, 0.5) is 0 Å². The number of aliphatic imine (C=N–C) groups is 1. The molecule has 0 aliphatic carbocycles. The van der Waals surface area contributed by atoms with Gasteiger partial charge >= 0.3 is 0 Å². The summed E-state index contributed by atoms with van der Waals surface area (Å²) >= 11 is 0. The van der Waals surface area contributed by atoms with E-state index in [4.69, 9.17) is 14.5 Å². The maximum Gasteiger partial charge on any atom is 0.191 e. The molecule has 0 radical (unpaired) electrons. The molecule has 1 heterocycles. The highest BCUT2D eigenvalue weighted by atomic mass is 16.5. The molecule has 0 saturated carbocycles. The minimum absolute atomic E-state index is 0.651. The summed E-state index contributed by atoms with van der Waals surface area (Å²) < 4.78 is 10.6. The Morgan fingerprint density at radius 1 is 1.04 bits per heavy atom. The summed E-state index contributed by atoms with van der Waals surface area (Å²) in [4.78, 5) is 7.32. The Morgan fingerprint density at radius 2 is 1.75 bits per heavy atom. The zero-order valence-electron chi connectivity index (χ0n) is 17.7. The number of nitrogens with zero attached hydrogens (tertiary/aromatic N) is 2. The third-order valence-electron chi connectivity index (χ3n) is 4.93. The van der Waals surface area contributed by atoms with Crippen LogP contribution in [0.3, 0.4) is 0 Å². The van der Waals surface area contributed by atoms with E-state index < -0.39 is 0 Å². The molecule has 1 aliphatic rings. The van der Waals surface area contributed by atoms with Gasteiger partial charge in [0, 0.05) is 26.3 Å². The maximum atomic E-state index is 5.41. The Bertz CT molecular complexity index is 542. The van der Waals surface area contributed by atoms with Gasteiger partial charge in [-0.25, -0.2) is 4.99 Å². The van der Waals surface area contributed by atoms with Gasteiger partial charge in [-0.05, 0) is 76.4 Å². The number of hydrogen-bond acceptors (Lipinski definition) is 4. The first kappa shape index (κ1) is 22.5. The molecular weight excluding hydrogens is 352 g/mol. The fourth-order valence-corrected chi connectivity index (χ4v) is 3.27. The normalized spacial score (nSPS) is 15.0. The lowest BCUT2D eigenvalue weighted by atomic mass is 10.2. The van der Waals surface area contributed by atoms with Crippen molar-refractivity contribution in [1.29, 1.82) is 0 Å². The SMILES string of the molecule is CCOCCCNC(=NCc1ccc(OC)cc1)NCCCCN1CCCC1. The smallest absolute Gasteiger partial charge is 0.191 e. The number of ether oxygens (including phenoxy) is 2. The Morgan fingerprint density at radius 3 is 2.43 bits per heavy atom. The minimum Gasteiger partial charge on any atom is -0.497 e. The number of nitrogens with one attached hydrogen (secondary N) is 2. The highest BCUT2D eigenvalue weighted by Gasteiger charge is 2.10. The third kappa shape index (κ3) is 9.42. The van der Waals surface area contributed by atoms with Crippen molar-refractivity contribution in [1.82, 2.24) is 15.5 Å². The molecular formula is C22H38N4O2. The van der Waals surface area contributed by atoms with E-state index >= 15 is 0 Å². The molecule has 1 fully saturated rings. The Balaban J connectivity index is 1.73. The third-order valence-corrected chi connectivity index (χ3v) is 4.93. The van der Waals surface area contributed by atoms with Crippen molar-refractivity contribution in [3.05, 3.63) is 29.8 Å². The summed E-state index contributed by atoms with van der Waals surface area (Å²) in [6.07, 6.45) is 6.12. The van der Waals surface area contributed by atoms with Crippen LogP contribution in [0.2, 0.25) is 0 Å². The lowest BCUT2D eigenvalue weighted by Gasteiger charge is -2.15. The van der Waals surface area contributed by atoms with Crippen LogP contribution < -0.4 is 15.4 Å². The number of likely N-dealkylation sites (tertiary alicyclic amines) is 1. The van der Waals surface area contributed by atoms with Gasteiger partial charge in [0.2, 0.25) is 0 Å². The summed E-state index contributed by atoms with van der Waals surface area (Å²) in [7, 11) is 1.69. The molecule has 1 aromatic carbocycles. The van der Waals surface area contributed by atoms with Gasteiger partial charge < -0.3 is 25.0 Å². The summed E-state index contributed by atoms with van der Waals surface area (Å²) in [5, 5.41) is 6.91. The predicted octanol–water partition coefficient (Wildman–Crippen LogP) is 3.03. The lowest BCUT2D eigenvalue weighted by molar-refractivity contribution is 0.145. The molecule has 2 rings (SSSR count). The van der Waals surface area contributed by atoms with Crippen LogP contribution in [0.15, 0.2) is 29.3 Å². The second-order valence-electron chi connectivity index (χ2n) is 7.17. The fourth-order valence-electron chi connectivity index (χ4n) is 3.27. The number of unbranched alkanes of at least 4 members (excludes halogenated alkanes) is 1. The summed E-state index contributed by atoms with van der Waals surface area (Å²) in [6, 6.07) is 8.08. The zero-order chi connectivity index (χ0) is 19.9. The minimum atomic E-state index is 0.651. The van der Waals surface area contributed by atoms with Gasteiger partial charge in [-0.1, -0.05) is 12.1 Å². The molecule has 1 aromatic rings. The molecule has 2 N–H and O–H groups in total. The molecule has 0 unspecified atom stereocenters. The Kier molecular flexibility index (Phi) is 11.4. The molecule has 0 atom stereocenters. The molecule has 28 heavy (non-hydrogen) atoms. The number of rotatable bonds is 13. The number of guanidine groups is 1.